The van der Waals surface area contributed by atoms with E-state index in [-0.39, 0.29) is 22.6 Å². The lowest BCUT2D eigenvalue weighted by molar-refractivity contribution is -0.0540. The Kier molecular flexibility index (Phi) is 2.11. The molecule has 3 aromatic rings. The summed E-state index contributed by atoms with van der Waals surface area (Å²) >= 11 is 0. The van der Waals surface area contributed by atoms with Crippen molar-refractivity contribution in [1.29, 1.82) is 0 Å². The highest BCUT2D eigenvalue weighted by molar-refractivity contribution is 6.14. The molecular weight excluding hydrogens is 276 g/mol. The molecule has 6 nitrogen and oxygen atoms in total. The Morgan fingerprint density at radius 3 is 2.57 bits per heavy atom. The number of fused-ring (bicyclic) bond motifs is 5. The SMILES string of the molecule is Cc1cc(O)cc2oc3cc(O)c4c(c3c12)[C@@H](O)OC4=O. The zero-order valence-corrected chi connectivity index (χ0v) is 10.9. The molecule has 1 aliphatic heterocycles. The average Bonchev–Trinajstić information content (AvgIpc) is 2.87. The Hall–Kier alpha value is -2.73. The molecule has 1 aliphatic rings. The molecule has 0 spiro atoms. The number of aromatic hydroxyl groups is 2. The summed E-state index contributed by atoms with van der Waals surface area (Å²) in [6.45, 7) is 1.78. The van der Waals surface area contributed by atoms with E-state index in [2.05, 4.69) is 0 Å². The number of esters is 1. The summed E-state index contributed by atoms with van der Waals surface area (Å²) in [6.07, 6.45) is -1.45. The molecule has 0 bridgehead atoms. The lowest BCUT2D eigenvalue weighted by Gasteiger charge is -2.05. The first-order chi connectivity index (χ1) is 9.97. The molecule has 4 rings (SSSR count). The summed E-state index contributed by atoms with van der Waals surface area (Å²) in [6, 6.07) is 4.31. The van der Waals surface area contributed by atoms with Crippen LogP contribution in [0, 0.1) is 6.92 Å². The quantitative estimate of drug-likeness (QED) is 0.549. The van der Waals surface area contributed by atoms with Crippen molar-refractivity contribution in [3.05, 3.63) is 34.9 Å². The van der Waals surface area contributed by atoms with Gasteiger partial charge in [0.25, 0.3) is 0 Å². The van der Waals surface area contributed by atoms with E-state index >= 15 is 0 Å². The second kappa shape index (κ2) is 3.67. The largest absolute Gasteiger partial charge is 0.508 e. The maximum absolute atomic E-state index is 11.7. The van der Waals surface area contributed by atoms with Crippen LogP contribution < -0.4 is 0 Å². The summed E-state index contributed by atoms with van der Waals surface area (Å²) in [5.74, 6) is -1.03. The Bertz CT molecular complexity index is 937. The molecule has 3 N–H and O–H groups in total. The van der Waals surface area contributed by atoms with E-state index in [1.165, 1.54) is 12.1 Å². The van der Waals surface area contributed by atoms with Gasteiger partial charge in [-0.1, -0.05) is 0 Å². The third-order valence-electron chi connectivity index (χ3n) is 3.73. The van der Waals surface area contributed by atoms with E-state index < -0.39 is 12.3 Å². The van der Waals surface area contributed by atoms with Gasteiger partial charge >= 0.3 is 5.97 Å². The Labute approximate surface area is 117 Å². The van der Waals surface area contributed by atoms with Crippen molar-refractivity contribution in [1.82, 2.24) is 0 Å². The second-order valence-corrected chi connectivity index (χ2v) is 5.05. The highest BCUT2D eigenvalue weighted by Gasteiger charge is 2.36. The summed E-state index contributed by atoms with van der Waals surface area (Å²) in [5.41, 5.74) is 1.59. The van der Waals surface area contributed by atoms with E-state index in [0.29, 0.717) is 21.9 Å². The minimum absolute atomic E-state index is 0.0489. The Balaban J connectivity index is 2.28. The smallest absolute Gasteiger partial charge is 0.345 e. The number of phenols is 2. The number of rotatable bonds is 0. The molecule has 0 fully saturated rings. The number of aliphatic hydroxyl groups excluding tert-OH is 1. The van der Waals surface area contributed by atoms with Crippen LogP contribution in [0.1, 0.15) is 27.8 Å². The van der Waals surface area contributed by atoms with Gasteiger partial charge in [0.2, 0.25) is 6.29 Å². The minimum Gasteiger partial charge on any atom is -0.508 e. The van der Waals surface area contributed by atoms with Gasteiger partial charge in [-0.15, -0.1) is 0 Å². The van der Waals surface area contributed by atoms with E-state index in [1.807, 2.05) is 0 Å². The number of hydrogen-bond donors (Lipinski definition) is 3. The maximum Gasteiger partial charge on any atom is 0.345 e. The van der Waals surface area contributed by atoms with Crippen LogP contribution in [0.5, 0.6) is 11.5 Å². The lowest BCUT2D eigenvalue weighted by Crippen LogP contribution is -1.96. The summed E-state index contributed by atoms with van der Waals surface area (Å²) in [5, 5.41) is 30.7. The van der Waals surface area contributed by atoms with Crippen LogP contribution in [-0.4, -0.2) is 21.3 Å². The lowest BCUT2D eigenvalue weighted by atomic mass is 9.98. The number of furan rings is 1. The molecule has 2 aromatic carbocycles. The third-order valence-corrected chi connectivity index (χ3v) is 3.73. The van der Waals surface area contributed by atoms with Gasteiger partial charge in [-0.25, -0.2) is 4.79 Å². The van der Waals surface area contributed by atoms with Gasteiger partial charge in [0.15, 0.2) is 0 Å². The van der Waals surface area contributed by atoms with Crippen molar-refractivity contribution >= 4 is 27.9 Å². The highest BCUT2D eigenvalue weighted by Crippen LogP contribution is 2.45. The van der Waals surface area contributed by atoms with Crippen molar-refractivity contribution in [3.8, 4) is 11.5 Å². The van der Waals surface area contributed by atoms with Crippen molar-refractivity contribution in [2.45, 2.75) is 13.2 Å². The highest BCUT2D eigenvalue weighted by atomic mass is 16.6. The fraction of sp³-hybridized carbons (Fsp3) is 0.133. The summed E-state index contributed by atoms with van der Waals surface area (Å²) in [4.78, 5) is 11.7. The van der Waals surface area contributed by atoms with Crippen LogP contribution in [0.3, 0.4) is 0 Å². The number of carbonyl (C=O) groups is 1. The number of hydrogen-bond acceptors (Lipinski definition) is 6. The number of cyclic esters (lactones) is 1. The number of benzene rings is 2. The zero-order chi connectivity index (χ0) is 14.9. The first-order valence-electron chi connectivity index (χ1n) is 6.28. The van der Waals surface area contributed by atoms with Gasteiger partial charge in [0, 0.05) is 22.9 Å². The Morgan fingerprint density at radius 1 is 1.10 bits per heavy atom. The standard InChI is InChI=1S/C15H10O6/c1-5-2-6(16)3-8-10(5)12-9(20-8)4-7(17)11-13(12)15(19)21-14(11)18/h2-4,15-17,19H,1H3/t15-/m0/s1. The van der Waals surface area contributed by atoms with Crippen LogP contribution in [0.2, 0.25) is 0 Å². The number of aliphatic hydroxyl groups is 1. The molecule has 21 heavy (non-hydrogen) atoms. The predicted molar refractivity (Wildman–Crippen MR) is 72.2 cm³/mol. The van der Waals surface area contributed by atoms with Gasteiger partial charge in [-0.2, -0.15) is 0 Å². The fourth-order valence-corrected chi connectivity index (χ4v) is 2.94. The fourth-order valence-electron chi connectivity index (χ4n) is 2.94. The van der Waals surface area contributed by atoms with Crippen molar-refractivity contribution < 1.29 is 29.3 Å². The van der Waals surface area contributed by atoms with Crippen LogP contribution in [0.25, 0.3) is 21.9 Å². The molecule has 1 aromatic heterocycles. The molecule has 0 saturated carbocycles. The second-order valence-electron chi connectivity index (χ2n) is 5.05. The van der Waals surface area contributed by atoms with Crippen molar-refractivity contribution in [2.24, 2.45) is 0 Å². The van der Waals surface area contributed by atoms with Gasteiger partial charge in [0.1, 0.15) is 28.2 Å². The first kappa shape index (κ1) is 12.0. The van der Waals surface area contributed by atoms with E-state index in [1.54, 1.807) is 13.0 Å². The van der Waals surface area contributed by atoms with Crippen molar-refractivity contribution in [3.63, 3.8) is 0 Å². The predicted octanol–water partition coefficient (Wildman–Crippen LogP) is 2.47. The normalized spacial score (nSPS) is 17.4. The molecular formula is C15H10O6. The zero-order valence-electron chi connectivity index (χ0n) is 10.9. The Morgan fingerprint density at radius 2 is 1.81 bits per heavy atom. The van der Waals surface area contributed by atoms with Gasteiger partial charge < -0.3 is 24.5 Å². The number of carbonyl (C=O) groups excluding carboxylic acids is 1. The summed E-state index contributed by atoms with van der Waals surface area (Å²) < 4.78 is 10.4. The minimum atomic E-state index is -1.45. The van der Waals surface area contributed by atoms with Crippen LogP contribution in [0.4, 0.5) is 0 Å². The third kappa shape index (κ3) is 1.42. The number of ether oxygens (including phenoxy) is 1. The van der Waals surface area contributed by atoms with E-state index in [0.717, 1.165) is 5.56 Å². The van der Waals surface area contributed by atoms with Crippen molar-refractivity contribution in [2.75, 3.05) is 0 Å². The molecule has 0 radical (unpaired) electrons. The molecule has 106 valence electrons. The topological polar surface area (TPSA) is 100 Å². The van der Waals surface area contributed by atoms with Crippen LogP contribution in [0.15, 0.2) is 22.6 Å². The average molecular weight is 286 g/mol. The molecule has 0 saturated heterocycles. The van der Waals surface area contributed by atoms with Crippen LogP contribution >= 0.6 is 0 Å². The summed E-state index contributed by atoms with van der Waals surface area (Å²) in [7, 11) is 0. The molecule has 1 atom stereocenters. The number of aryl methyl sites for hydroxylation is 1. The van der Waals surface area contributed by atoms with Gasteiger partial charge in [-0.3, -0.25) is 0 Å². The molecule has 2 heterocycles. The van der Waals surface area contributed by atoms with Crippen LogP contribution in [-0.2, 0) is 4.74 Å². The molecule has 0 amide bonds. The van der Waals surface area contributed by atoms with E-state index in [4.69, 9.17) is 9.15 Å². The molecule has 0 aliphatic carbocycles. The maximum atomic E-state index is 11.7. The number of phenolic OH excluding ortho intramolecular Hbond substituents is 2. The molecule has 6 heteroatoms. The van der Waals surface area contributed by atoms with Gasteiger partial charge in [-0.05, 0) is 18.6 Å². The monoisotopic (exact) mass is 286 g/mol. The van der Waals surface area contributed by atoms with E-state index in [9.17, 15) is 20.1 Å². The van der Waals surface area contributed by atoms with Gasteiger partial charge in [0.05, 0.1) is 5.56 Å². The first-order valence-corrected chi connectivity index (χ1v) is 6.28. The molecule has 0 unspecified atom stereocenters.